The van der Waals surface area contributed by atoms with E-state index in [1.165, 1.54) is 19.4 Å². The second kappa shape index (κ2) is 8.50. The lowest BCUT2D eigenvalue weighted by Crippen LogP contribution is -2.18. The van der Waals surface area contributed by atoms with Crippen molar-refractivity contribution in [1.82, 2.24) is 15.2 Å². The highest BCUT2D eigenvalue weighted by Gasteiger charge is 2.08. The van der Waals surface area contributed by atoms with Crippen LogP contribution in [0.25, 0.3) is 0 Å². The van der Waals surface area contributed by atoms with Gasteiger partial charge in [0.2, 0.25) is 0 Å². The second-order valence-electron chi connectivity index (χ2n) is 5.66. The van der Waals surface area contributed by atoms with Gasteiger partial charge in [-0.05, 0) is 57.4 Å². The number of phenolic OH excluding ortho intramolecular Hbond substituents is 1. The van der Waals surface area contributed by atoms with Gasteiger partial charge in [-0.3, -0.25) is 9.48 Å². The van der Waals surface area contributed by atoms with E-state index in [1.54, 1.807) is 29.1 Å². The molecule has 0 aliphatic heterocycles. The zero-order valence-electron chi connectivity index (χ0n) is 14.5. The number of aromatic nitrogens is 2. The Balaban J connectivity index is 1.66. The molecule has 0 spiro atoms. The molecule has 0 radical (unpaired) electrons. The van der Waals surface area contributed by atoms with Crippen molar-refractivity contribution >= 4 is 28.1 Å². The van der Waals surface area contributed by atoms with Gasteiger partial charge in [0.1, 0.15) is 0 Å². The zero-order chi connectivity index (χ0) is 19.2. The standard InChI is InChI=1S/C19H17BrN4O3/c1-27-18-16(20)9-14(10-17(18)25)11-21-23-19(26)15-5-2-4-13(8-15)12-24-7-3-6-22-24/h2-11,25H,12H2,1H3,(H,23,26)/b21-11-. The number of carbonyl (C=O) groups excluding carboxylic acids is 1. The lowest BCUT2D eigenvalue weighted by atomic mass is 10.1. The third kappa shape index (κ3) is 4.73. The van der Waals surface area contributed by atoms with Gasteiger partial charge in [-0.25, -0.2) is 5.43 Å². The van der Waals surface area contributed by atoms with Gasteiger partial charge in [0, 0.05) is 18.0 Å². The highest BCUT2D eigenvalue weighted by Crippen LogP contribution is 2.34. The predicted octanol–water partition coefficient (Wildman–Crippen LogP) is 3.17. The van der Waals surface area contributed by atoms with E-state index in [0.717, 1.165) is 5.56 Å². The minimum atomic E-state index is -0.328. The summed E-state index contributed by atoms with van der Waals surface area (Å²) in [6, 6.07) is 12.3. The molecule has 0 unspecified atom stereocenters. The van der Waals surface area contributed by atoms with Crippen LogP contribution in [-0.2, 0) is 6.54 Å². The molecule has 0 atom stereocenters. The van der Waals surface area contributed by atoms with Crippen molar-refractivity contribution in [3.63, 3.8) is 0 Å². The third-order valence-corrected chi connectivity index (χ3v) is 4.31. The normalized spacial score (nSPS) is 10.9. The summed E-state index contributed by atoms with van der Waals surface area (Å²) in [7, 11) is 1.47. The summed E-state index contributed by atoms with van der Waals surface area (Å²) >= 11 is 3.31. The third-order valence-electron chi connectivity index (χ3n) is 3.72. The van der Waals surface area contributed by atoms with Crippen molar-refractivity contribution in [2.45, 2.75) is 6.54 Å². The molecule has 2 aromatic carbocycles. The van der Waals surface area contributed by atoms with Crippen LogP contribution in [-0.4, -0.2) is 34.1 Å². The van der Waals surface area contributed by atoms with Crippen molar-refractivity contribution in [3.05, 3.63) is 76.0 Å². The maximum Gasteiger partial charge on any atom is 0.271 e. The maximum absolute atomic E-state index is 12.3. The van der Waals surface area contributed by atoms with Crippen LogP contribution in [0.3, 0.4) is 0 Å². The molecule has 8 heteroatoms. The Morgan fingerprint density at radius 1 is 1.37 bits per heavy atom. The van der Waals surface area contributed by atoms with Gasteiger partial charge in [0.15, 0.2) is 11.5 Å². The lowest BCUT2D eigenvalue weighted by molar-refractivity contribution is 0.0955. The number of carbonyl (C=O) groups is 1. The summed E-state index contributed by atoms with van der Waals surface area (Å²) in [4.78, 5) is 12.3. The molecule has 7 nitrogen and oxygen atoms in total. The number of rotatable bonds is 6. The number of ether oxygens (including phenoxy) is 1. The molecule has 27 heavy (non-hydrogen) atoms. The van der Waals surface area contributed by atoms with E-state index < -0.39 is 0 Å². The number of phenols is 1. The van der Waals surface area contributed by atoms with Crippen LogP contribution in [0.5, 0.6) is 11.5 Å². The number of nitrogens with zero attached hydrogens (tertiary/aromatic N) is 3. The summed E-state index contributed by atoms with van der Waals surface area (Å²) in [6.45, 7) is 0.580. The molecule has 3 aromatic rings. The Hall–Kier alpha value is -3.13. The SMILES string of the molecule is COc1c(O)cc(/C=N\NC(=O)c2cccc(Cn3cccn3)c2)cc1Br. The van der Waals surface area contributed by atoms with Gasteiger partial charge in [-0.1, -0.05) is 12.1 Å². The summed E-state index contributed by atoms with van der Waals surface area (Å²) in [5, 5.41) is 18.0. The van der Waals surface area contributed by atoms with Crippen LogP contribution >= 0.6 is 15.9 Å². The van der Waals surface area contributed by atoms with E-state index in [2.05, 4.69) is 31.6 Å². The fourth-order valence-electron chi connectivity index (χ4n) is 2.50. The number of hydrogen-bond donors (Lipinski definition) is 2. The largest absolute Gasteiger partial charge is 0.504 e. The number of hydrazone groups is 1. The number of aromatic hydroxyl groups is 1. The fraction of sp³-hybridized carbons (Fsp3) is 0.105. The first kappa shape index (κ1) is 18.7. The Morgan fingerprint density at radius 3 is 2.93 bits per heavy atom. The summed E-state index contributed by atoms with van der Waals surface area (Å²) in [5.74, 6) is -0.0125. The summed E-state index contributed by atoms with van der Waals surface area (Å²) in [6.07, 6.45) is 5.01. The van der Waals surface area contributed by atoms with E-state index in [1.807, 2.05) is 24.4 Å². The van der Waals surface area contributed by atoms with Crippen LogP contribution in [0, 0.1) is 0 Å². The van der Waals surface area contributed by atoms with Crippen LogP contribution in [0.1, 0.15) is 21.5 Å². The molecule has 0 aliphatic rings. The van der Waals surface area contributed by atoms with Crippen molar-refractivity contribution in [3.8, 4) is 11.5 Å². The first-order valence-corrected chi connectivity index (χ1v) is 8.82. The number of nitrogens with one attached hydrogen (secondary N) is 1. The summed E-state index contributed by atoms with van der Waals surface area (Å²) < 4.78 is 7.43. The van der Waals surface area contributed by atoms with Crippen molar-refractivity contribution < 1.29 is 14.6 Å². The molecule has 3 rings (SSSR count). The predicted molar refractivity (Wildman–Crippen MR) is 105 cm³/mol. The Bertz CT molecular complexity index is 948. The zero-order valence-corrected chi connectivity index (χ0v) is 16.0. The van der Waals surface area contributed by atoms with Crippen molar-refractivity contribution in [2.75, 3.05) is 7.11 Å². The molecule has 0 bridgehead atoms. The van der Waals surface area contributed by atoms with Crippen molar-refractivity contribution in [1.29, 1.82) is 0 Å². The number of methoxy groups -OCH3 is 1. The highest BCUT2D eigenvalue weighted by atomic mass is 79.9. The smallest absolute Gasteiger partial charge is 0.271 e. The monoisotopic (exact) mass is 428 g/mol. The van der Waals surface area contributed by atoms with Crippen LogP contribution in [0.2, 0.25) is 0 Å². The van der Waals surface area contributed by atoms with E-state index in [0.29, 0.717) is 27.9 Å². The molecule has 0 aliphatic carbocycles. The minimum Gasteiger partial charge on any atom is -0.504 e. The maximum atomic E-state index is 12.3. The molecule has 1 heterocycles. The van der Waals surface area contributed by atoms with Gasteiger partial charge in [-0.15, -0.1) is 0 Å². The first-order valence-electron chi connectivity index (χ1n) is 8.03. The first-order chi connectivity index (χ1) is 13.1. The van der Waals surface area contributed by atoms with Gasteiger partial charge >= 0.3 is 0 Å². The molecule has 2 N–H and O–H groups in total. The molecular formula is C19H17BrN4O3. The Labute approximate surface area is 164 Å². The molecule has 1 aromatic heterocycles. The van der Waals surface area contributed by atoms with Gasteiger partial charge in [-0.2, -0.15) is 10.2 Å². The average molecular weight is 429 g/mol. The number of benzene rings is 2. The second-order valence-corrected chi connectivity index (χ2v) is 6.51. The van der Waals surface area contributed by atoms with Crippen molar-refractivity contribution in [2.24, 2.45) is 5.10 Å². The Kier molecular flexibility index (Phi) is 5.87. The van der Waals surface area contributed by atoms with E-state index in [9.17, 15) is 9.90 Å². The van der Waals surface area contributed by atoms with Gasteiger partial charge in [0.05, 0.1) is 24.3 Å². The molecule has 0 saturated carbocycles. The highest BCUT2D eigenvalue weighted by molar-refractivity contribution is 9.10. The average Bonchev–Trinajstić information content (AvgIpc) is 3.14. The van der Waals surface area contributed by atoms with E-state index in [-0.39, 0.29) is 11.7 Å². The quantitative estimate of drug-likeness (QED) is 0.466. The lowest BCUT2D eigenvalue weighted by Gasteiger charge is -2.07. The van der Waals surface area contributed by atoms with Crippen LogP contribution in [0.4, 0.5) is 0 Å². The number of amides is 1. The van der Waals surface area contributed by atoms with Gasteiger partial charge in [0.25, 0.3) is 5.91 Å². The molecular weight excluding hydrogens is 412 g/mol. The number of halogens is 1. The molecule has 138 valence electrons. The summed E-state index contributed by atoms with van der Waals surface area (Å²) in [5.41, 5.74) is 4.54. The molecule has 1 amide bonds. The fourth-order valence-corrected chi connectivity index (χ4v) is 3.13. The Morgan fingerprint density at radius 2 is 2.22 bits per heavy atom. The minimum absolute atomic E-state index is 0.0222. The molecule has 0 fully saturated rings. The van der Waals surface area contributed by atoms with E-state index in [4.69, 9.17) is 4.74 Å². The van der Waals surface area contributed by atoms with E-state index >= 15 is 0 Å². The van der Waals surface area contributed by atoms with Crippen LogP contribution < -0.4 is 10.2 Å². The van der Waals surface area contributed by atoms with Gasteiger partial charge < -0.3 is 9.84 Å². The topological polar surface area (TPSA) is 88.7 Å². The number of hydrogen-bond acceptors (Lipinski definition) is 5. The molecule has 0 saturated heterocycles. The van der Waals surface area contributed by atoms with Crippen LogP contribution in [0.15, 0.2) is 64.4 Å².